The average Bonchev–Trinajstić information content (AvgIpc) is 2.63. The van der Waals surface area contributed by atoms with Gasteiger partial charge in [0.15, 0.2) is 0 Å². The zero-order valence-electron chi connectivity index (χ0n) is 9.42. The third-order valence-electron chi connectivity index (χ3n) is 2.41. The molecule has 1 aromatic heterocycles. The Hall–Kier alpha value is -0.760. The minimum absolute atomic E-state index is 1.00. The number of rotatable bonds is 7. The van der Waals surface area contributed by atoms with Crippen LogP contribution in [-0.2, 0) is 13.1 Å². The smallest absolute Gasteiger partial charge is 0.0359 e. The number of nitrogens with one attached hydrogen (secondary N) is 1. The fraction of sp³-hybridized carbons (Fsp3) is 0.667. The Labute approximate surface area is 87.3 Å². The van der Waals surface area contributed by atoms with Crippen molar-refractivity contribution in [2.75, 3.05) is 6.54 Å². The summed E-state index contributed by atoms with van der Waals surface area (Å²) in [7, 11) is 0. The predicted octanol–water partition coefficient (Wildman–Crippen LogP) is 2.79. The van der Waals surface area contributed by atoms with Crippen molar-refractivity contribution < 1.29 is 0 Å². The minimum atomic E-state index is 1.00. The summed E-state index contributed by atoms with van der Waals surface area (Å²) in [5.74, 6) is 0. The molecule has 14 heavy (non-hydrogen) atoms. The van der Waals surface area contributed by atoms with Crippen molar-refractivity contribution in [2.24, 2.45) is 0 Å². The standard InChI is InChI=1S/C12H22N2/c1-3-5-9-14-10-6-7-12(14)11-13-8-4-2/h6-7,10,13H,3-5,8-9,11H2,1-2H3. The number of aromatic nitrogens is 1. The van der Waals surface area contributed by atoms with Crippen LogP contribution in [0.25, 0.3) is 0 Å². The normalized spacial score (nSPS) is 10.7. The highest BCUT2D eigenvalue weighted by atomic mass is 15.0. The quantitative estimate of drug-likeness (QED) is 0.660. The minimum Gasteiger partial charge on any atom is -0.350 e. The first-order valence-corrected chi connectivity index (χ1v) is 5.73. The van der Waals surface area contributed by atoms with Gasteiger partial charge in [0.05, 0.1) is 0 Å². The van der Waals surface area contributed by atoms with E-state index in [4.69, 9.17) is 0 Å². The van der Waals surface area contributed by atoms with Gasteiger partial charge >= 0.3 is 0 Å². The van der Waals surface area contributed by atoms with Gasteiger partial charge in [-0.2, -0.15) is 0 Å². The van der Waals surface area contributed by atoms with E-state index in [0.29, 0.717) is 0 Å². The van der Waals surface area contributed by atoms with E-state index >= 15 is 0 Å². The number of unbranched alkanes of at least 4 members (excludes halogenated alkanes) is 1. The molecule has 0 saturated carbocycles. The molecule has 0 atom stereocenters. The maximum Gasteiger partial charge on any atom is 0.0359 e. The maximum atomic E-state index is 3.43. The molecule has 0 spiro atoms. The van der Waals surface area contributed by atoms with E-state index in [1.165, 1.54) is 25.0 Å². The first kappa shape index (κ1) is 11.3. The van der Waals surface area contributed by atoms with Crippen molar-refractivity contribution in [3.8, 4) is 0 Å². The van der Waals surface area contributed by atoms with E-state index in [1.807, 2.05) is 0 Å². The fourth-order valence-electron chi connectivity index (χ4n) is 1.55. The third-order valence-corrected chi connectivity index (χ3v) is 2.41. The molecular weight excluding hydrogens is 172 g/mol. The third kappa shape index (κ3) is 3.54. The van der Waals surface area contributed by atoms with Gasteiger partial charge < -0.3 is 9.88 Å². The van der Waals surface area contributed by atoms with Gasteiger partial charge in [-0.1, -0.05) is 20.3 Å². The molecule has 2 nitrogen and oxygen atoms in total. The van der Waals surface area contributed by atoms with Crippen LogP contribution in [0.4, 0.5) is 0 Å². The molecule has 80 valence electrons. The SMILES string of the molecule is CCCCn1cccc1CNCCC. The number of nitrogens with zero attached hydrogens (tertiary/aromatic N) is 1. The topological polar surface area (TPSA) is 17.0 Å². The lowest BCUT2D eigenvalue weighted by Gasteiger charge is -2.09. The molecule has 1 heterocycles. The van der Waals surface area contributed by atoms with Crippen LogP contribution in [0.2, 0.25) is 0 Å². The molecule has 0 amide bonds. The Morgan fingerprint density at radius 1 is 1.29 bits per heavy atom. The van der Waals surface area contributed by atoms with E-state index in [1.54, 1.807) is 0 Å². The second-order valence-electron chi connectivity index (χ2n) is 3.72. The largest absolute Gasteiger partial charge is 0.350 e. The van der Waals surface area contributed by atoms with Crippen molar-refractivity contribution in [3.05, 3.63) is 24.0 Å². The summed E-state index contributed by atoms with van der Waals surface area (Å²) >= 11 is 0. The molecule has 0 aliphatic carbocycles. The van der Waals surface area contributed by atoms with Crippen molar-refractivity contribution in [1.82, 2.24) is 9.88 Å². The highest BCUT2D eigenvalue weighted by Crippen LogP contribution is 2.04. The number of aryl methyl sites for hydroxylation is 1. The van der Waals surface area contributed by atoms with Crippen LogP contribution in [0.5, 0.6) is 0 Å². The van der Waals surface area contributed by atoms with E-state index in [9.17, 15) is 0 Å². The molecule has 1 rings (SSSR count). The highest BCUT2D eigenvalue weighted by molar-refractivity contribution is 5.06. The molecule has 0 saturated heterocycles. The van der Waals surface area contributed by atoms with Crippen LogP contribution < -0.4 is 5.32 Å². The molecule has 2 heteroatoms. The summed E-state index contributed by atoms with van der Waals surface area (Å²) in [5, 5.41) is 3.43. The van der Waals surface area contributed by atoms with Gasteiger partial charge in [-0.15, -0.1) is 0 Å². The maximum absolute atomic E-state index is 3.43. The predicted molar refractivity (Wildman–Crippen MR) is 61.3 cm³/mol. The highest BCUT2D eigenvalue weighted by Gasteiger charge is 1.98. The zero-order chi connectivity index (χ0) is 10.2. The number of hydrogen-bond donors (Lipinski definition) is 1. The van der Waals surface area contributed by atoms with Crippen molar-refractivity contribution >= 4 is 0 Å². The molecule has 0 aliphatic rings. The summed E-state index contributed by atoms with van der Waals surface area (Å²) in [5.41, 5.74) is 1.41. The monoisotopic (exact) mass is 194 g/mol. The molecule has 0 bridgehead atoms. The number of hydrogen-bond acceptors (Lipinski definition) is 1. The van der Waals surface area contributed by atoms with E-state index in [-0.39, 0.29) is 0 Å². The molecule has 0 aromatic carbocycles. The van der Waals surface area contributed by atoms with Gasteiger partial charge in [0.2, 0.25) is 0 Å². The van der Waals surface area contributed by atoms with Gasteiger partial charge in [-0.3, -0.25) is 0 Å². The lowest BCUT2D eigenvalue weighted by atomic mass is 10.3. The molecule has 1 aromatic rings. The van der Waals surface area contributed by atoms with Gasteiger partial charge in [0.1, 0.15) is 0 Å². The Kier molecular flexibility index (Phi) is 5.38. The van der Waals surface area contributed by atoms with Gasteiger partial charge in [-0.25, -0.2) is 0 Å². The summed E-state index contributed by atoms with van der Waals surface area (Å²) < 4.78 is 2.35. The van der Waals surface area contributed by atoms with E-state index in [2.05, 4.69) is 42.1 Å². The Morgan fingerprint density at radius 2 is 2.14 bits per heavy atom. The van der Waals surface area contributed by atoms with Crippen LogP contribution in [0.15, 0.2) is 18.3 Å². The molecule has 0 unspecified atom stereocenters. The average molecular weight is 194 g/mol. The van der Waals surface area contributed by atoms with Gasteiger partial charge in [0.25, 0.3) is 0 Å². The van der Waals surface area contributed by atoms with Crippen molar-refractivity contribution in [3.63, 3.8) is 0 Å². The molecule has 0 fully saturated rings. The van der Waals surface area contributed by atoms with Crippen molar-refractivity contribution in [2.45, 2.75) is 46.2 Å². The Morgan fingerprint density at radius 3 is 2.86 bits per heavy atom. The summed E-state index contributed by atoms with van der Waals surface area (Å²) in [6, 6.07) is 4.34. The molecule has 0 radical (unpaired) electrons. The van der Waals surface area contributed by atoms with E-state index < -0.39 is 0 Å². The first-order chi connectivity index (χ1) is 6.88. The summed E-state index contributed by atoms with van der Waals surface area (Å²) in [4.78, 5) is 0. The Balaban J connectivity index is 2.37. The van der Waals surface area contributed by atoms with Gasteiger partial charge in [-0.05, 0) is 31.5 Å². The second kappa shape index (κ2) is 6.66. The van der Waals surface area contributed by atoms with Crippen LogP contribution >= 0.6 is 0 Å². The molecular formula is C12H22N2. The lowest BCUT2D eigenvalue weighted by molar-refractivity contribution is 0.579. The summed E-state index contributed by atoms with van der Waals surface area (Å²) in [6.45, 7) is 7.71. The van der Waals surface area contributed by atoms with E-state index in [0.717, 1.165) is 19.6 Å². The summed E-state index contributed by atoms with van der Waals surface area (Å²) in [6.07, 6.45) is 5.92. The lowest BCUT2D eigenvalue weighted by Crippen LogP contribution is -2.16. The van der Waals surface area contributed by atoms with Crippen LogP contribution in [0.3, 0.4) is 0 Å². The fourth-order valence-corrected chi connectivity index (χ4v) is 1.55. The van der Waals surface area contributed by atoms with Crippen LogP contribution in [-0.4, -0.2) is 11.1 Å². The Bertz CT molecular complexity index is 240. The van der Waals surface area contributed by atoms with Crippen LogP contribution in [0, 0.1) is 0 Å². The molecule has 0 aliphatic heterocycles. The zero-order valence-corrected chi connectivity index (χ0v) is 9.42. The molecule has 1 N–H and O–H groups in total. The van der Waals surface area contributed by atoms with Gasteiger partial charge in [0, 0.05) is 25.0 Å². The van der Waals surface area contributed by atoms with Crippen LogP contribution in [0.1, 0.15) is 38.8 Å². The first-order valence-electron chi connectivity index (χ1n) is 5.73. The van der Waals surface area contributed by atoms with Crippen molar-refractivity contribution in [1.29, 1.82) is 0 Å². The second-order valence-corrected chi connectivity index (χ2v) is 3.72.